The van der Waals surface area contributed by atoms with Crippen molar-refractivity contribution in [3.05, 3.63) is 216 Å². The Labute approximate surface area is 292 Å². The highest BCUT2D eigenvalue weighted by Crippen LogP contribution is 2.55. The summed E-state index contributed by atoms with van der Waals surface area (Å²) in [5, 5.41) is 0. The molecule has 9 rings (SSSR count). The highest BCUT2D eigenvalue weighted by molar-refractivity contribution is 5.76. The average molecular weight is 641 g/mol. The molecule has 236 valence electrons. The van der Waals surface area contributed by atoms with Gasteiger partial charge in [-0.25, -0.2) is 9.97 Å². The van der Waals surface area contributed by atoms with Crippen LogP contribution in [0.3, 0.4) is 0 Å². The largest absolute Gasteiger partial charge is 0.457 e. The van der Waals surface area contributed by atoms with Crippen LogP contribution in [0.15, 0.2) is 194 Å². The number of para-hydroxylation sites is 2. The molecule has 3 nitrogen and oxygen atoms in total. The molecule has 0 radical (unpaired) electrons. The number of nitrogens with zero attached hydrogens (tertiary/aromatic N) is 2. The van der Waals surface area contributed by atoms with E-state index in [9.17, 15) is 0 Å². The van der Waals surface area contributed by atoms with Gasteiger partial charge in [0.25, 0.3) is 0 Å². The molecular weight excluding hydrogens is 609 g/mol. The van der Waals surface area contributed by atoms with E-state index in [1.165, 1.54) is 11.1 Å². The maximum atomic E-state index is 6.49. The molecule has 0 N–H and O–H groups in total. The first-order valence-corrected chi connectivity index (χ1v) is 16.9. The van der Waals surface area contributed by atoms with Crippen molar-refractivity contribution in [3.8, 4) is 56.5 Å². The summed E-state index contributed by atoms with van der Waals surface area (Å²) in [7, 11) is 0. The molecule has 8 aromatic rings. The zero-order valence-corrected chi connectivity index (χ0v) is 27.3. The maximum absolute atomic E-state index is 6.49. The maximum Gasteiger partial charge on any atom is 0.160 e. The summed E-state index contributed by atoms with van der Waals surface area (Å²) in [6.45, 7) is 0. The van der Waals surface area contributed by atoms with Gasteiger partial charge in [-0.05, 0) is 46.5 Å². The van der Waals surface area contributed by atoms with E-state index in [-0.39, 0.29) is 0 Å². The fourth-order valence-electron chi connectivity index (χ4n) is 7.31. The SMILES string of the molecule is c1ccc(-c2cc(-c3ccccc3)nc(-c3cccc(-c4ccc(C5(c6ccccc6)c6ccccc6Oc6ccccc65)cc4)c3)n2)cc1. The molecule has 0 fully saturated rings. The lowest BCUT2D eigenvalue weighted by Crippen LogP contribution is -2.34. The third kappa shape index (κ3) is 5.08. The van der Waals surface area contributed by atoms with Crippen LogP contribution < -0.4 is 4.74 Å². The zero-order valence-electron chi connectivity index (χ0n) is 27.3. The van der Waals surface area contributed by atoms with Crippen LogP contribution >= 0.6 is 0 Å². The van der Waals surface area contributed by atoms with Crippen molar-refractivity contribution < 1.29 is 4.74 Å². The summed E-state index contributed by atoms with van der Waals surface area (Å²) >= 11 is 0. The molecule has 0 aliphatic carbocycles. The van der Waals surface area contributed by atoms with E-state index in [0.29, 0.717) is 5.82 Å². The van der Waals surface area contributed by atoms with Crippen LogP contribution in [-0.4, -0.2) is 9.97 Å². The summed E-state index contributed by atoms with van der Waals surface area (Å²) in [5.74, 6) is 2.45. The lowest BCUT2D eigenvalue weighted by molar-refractivity contribution is 0.434. The van der Waals surface area contributed by atoms with Gasteiger partial charge in [0.15, 0.2) is 5.82 Å². The fourth-order valence-corrected chi connectivity index (χ4v) is 7.31. The summed E-state index contributed by atoms with van der Waals surface area (Å²) < 4.78 is 6.49. The molecule has 0 bridgehead atoms. The molecule has 0 spiro atoms. The van der Waals surface area contributed by atoms with E-state index in [2.05, 4.69) is 146 Å². The minimum Gasteiger partial charge on any atom is -0.457 e. The Bertz CT molecular complexity index is 2340. The van der Waals surface area contributed by atoms with Crippen LogP contribution in [0, 0.1) is 0 Å². The number of aromatic nitrogens is 2. The van der Waals surface area contributed by atoms with Crippen molar-refractivity contribution in [1.82, 2.24) is 9.97 Å². The Morgan fingerprint density at radius 2 is 0.800 bits per heavy atom. The number of benzene rings is 7. The van der Waals surface area contributed by atoms with E-state index in [1.807, 2.05) is 48.5 Å². The first-order valence-electron chi connectivity index (χ1n) is 16.9. The second-order valence-electron chi connectivity index (χ2n) is 12.6. The van der Waals surface area contributed by atoms with E-state index >= 15 is 0 Å². The van der Waals surface area contributed by atoms with E-state index in [4.69, 9.17) is 14.7 Å². The van der Waals surface area contributed by atoms with Gasteiger partial charge >= 0.3 is 0 Å². The van der Waals surface area contributed by atoms with E-state index in [0.717, 1.165) is 61.8 Å². The van der Waals surface area contributed by atoms with Crippen LogP contribution in [0.1, 0.15) is 22.3 Å². The molecule has 0 atom stereocenters. The van der Waals surface area contributed by atoms with Crippen molar-refractivity contribution in [2.45, 2.75) is 5.41 Å². The van der Waals surface area contributed by atoms with Gasteiger partial charge in [-0.1, -0.05) is 170 Å². The molecule has 2 heterocycles. The molecule has 7 aromatic carbocycles. The zero-order chi connectivity index (χ0) is 33.3. The minimum absolute atomic E-state index is 0.549. The van der Waals surface area contributed by atoms with E-state index in [1.54, 1.807) is 0 Å². The predicted octanol–water partition coefficient (Wildman–Crippen LogP) is 11.6. The van der Waals surface area contributed by atoms with Crippen LogP contribution in [0.5, 0.6) is 11.5 Å². The molecule has 0 saturated carbocycles. The first kappa shape index (κ1) is 29.6. The van der Waals surface area contributed by atoms with Gasteiger partial charge in [0.05, 0.1) is 16.8 Å². The topological polar surface area (TPSA) is 35.0 Å². The van der Waals surface area contributed by atoms with Crippen LogP contribution in [0.4, 0.5) is 0 Å². The Balaban J connectivity index is 1.16. The predicted molar refractivity (Wildman–Crippen MR) is 202 cm³/mol. The Morgan fingerprint density at radius 3 is 1.38 bits per heavy atom. The molecule has 50 heavy (non-hydrogen) atoms. The summed E-state index contributed by atoms with van der Waals surface area (Å²) in [6.07, 6.45) is 0. The van der Waals surface area contributed by atoms with Crippen molar-refractivity contribution >= 4 is 0 Å². The molecule has 0 saturated heterocycles. The molecule has 0 amide bonds. The fraction of sp³-hybridized carbons (Fsp3) is 0.0213. The number of ether oxygens (including phenoxy) is 1. The van der Waals surface area contributed by atoms with Gasteiger partial charge in [0.2, 0.25) is 0 Å². The van der Waals surface area contributed by atoms with Crippen molar-refractivity contribution in [2.75, 3.05) is 0 Å². The van der Waals surface area contributed by atoms with Gasteiger partial charge in [0, 0.05) is 27.8 Å². The summed E-state index contributed by atoms with van der Waals surface area (Å²) in [5.41, 5.74) is 11.2. The lowest BCUT2D eigenvalue weighted by atomic mass is 9.63. The number of hydrogen-bond donors (Lipinski definition) is 0. The van der Waals surface area contributed by atoms with Crippen molar-refractivity contribution in [1.29, 1.82) is 0 Å². The summed E-state index contributed by atoms with van der Waals surface area (Å²) in [4.78, 5) is 10.1. The van der Waals surface area contributed by atoms with Gasteiger partial charge < -0.3 is 4.74 Å². The number of rotatable bonds is 6. The van der Waals surface area contributed by atoms with Crippen molar-refractivity contribution in [3.63, 3.8) is 0 Å². The van der Waals surface area contributed by atoms with E-state index < -0.39 is 5.41 Å². The van der Waals surface area contributed by atoms with Gasteiger partial charge in [0.1, 0.15) is 11.5 Å². The molecule has 0 unspecified atom stereocenters. The lowest BCUT2D eigenvalue weighted by Gasteiger charge is -2.41. The van der Waals surface area contributed by atoms with Gasteiger partial charge in [-0.3, -0.25) is 0 Å². The normalized spacial score (nSPS) is 12.7. The van der Waals surface area contributed by atoms with Crippen LogP contribution in [0.2, 0.25) is 0 Å². The summed E-state index contributed by atoms with van der Waals surface area (Å²) in [6, 6.07) is 67.8. The molecule has 1 aliphatic heterocycles. The molecule has 1 aromatic heterocycles. The Kier molecular flexibility index (Phi) is 7.37. The standard InChI is InChI=1S/C47H32N2O/c1-4-15-34(16-5-1)42-32-43(35-17-6-2-7-18-35)49-46(48-42)37-20-14-19-36(31-37)33-27-29-39(30-28-33)47(38-21-8-3-9-22-38)40-23-10-12-25-44(40)50-45-26-13-11-24-41(45)47/h1-32H. The second-order valence-corrected chi connectivity index (χ2v) is 12.6. The van der Waals surface area contributed by atoms with Crippen molar-refractivity contribution in [2.24, 2.45) is 0 Å². The molecule has 3 heteroatoms. The highest BCUT2D eigenvalue weighted by Gasteiger charge is 2.45. The third-order valence-corrected chi connectivity index (χ3v) is 9.65. The molecular formula is C47H32N2O. The first-order chi connectivity index (χ1) is 24.8. The van der Waals surface area contributed by atoms with Crippen LogP contribution in [-0.2, 0) is 5.41 Å². The quantitative estimate of drug-likeness (QED) is 0.181. The number of hydrogen-bond acceptors (Lipinski definition) is 3. The molecule has 1 aliphatic rings. The highest BCUT2D eigenvalue weighted by atomic mass is 16.5. The number of fused-ring (bicyclic) bond motifs is 2. The van der Waals surface area contributed by atoms with Gasteiger partial charge in [-0.15, -0.1) is 0 Å². The van der Waals surface area contributed by atoms with Gasteiger partial charge in [-0.2, -0.15) is 0 Å². The average Bonchev–Trinajstić information content (AvgIpc) is 3.21. The Hall–Kier alpha value is -6.58. The third-order valence-electron chi connectivity index (χ3n) is 9.65. The second kappa shape index (κ2) is 12.5. The minimum atomic E-state index is -0.549. The van der Waals surface area contributed by atoms with Crippen LogP contribution in [0.25, 0.3) is 45.0 Å². The Morgan fingerprint density at radius 1 is 0.340 bits per heavy atom. The smallest absolute Gasteiger partial charge is 0.160 e. The monoisotopic (exact) mass is 640 g/mol.